The molecule has 1 aromatic carbocycles. The van der Waals surface area contributed by atoms with Crippen molar-refractivity contribution in [2.24, 2.45) is 10.9 Å². The molecule has 0 saturated carbocycles. The van der Waals surface area contributed by atoms with Gasteiger partial charge in [0.2, 0.25) is 0 Å². The lowest BCUT2D eigenvalue weighted by Crippen LogP contribution is -2.38. The quantitative estimate of drug-likeness (QED) is 0.599. The largest absolute Gasteiger partial charge is 0.497 e. The Morgan fingerprint density at radius 2 is 2.00 bits per heavy atom. The summed E-state index contributed by atoms with van der Waals surface area (Å²) in [5.41, 5.74) is 2.35. The predicted octanol–water partition coefficient (Wildman–Crippen LogP) is 3.10. The van der Waals surface area contributed by atoms with E-state index in [2.05, 4.69) is 49.4 Å². The second-order valence-corrected chi connectivity index (χ2v) is 5.66. The Morgan fingerprint density at radius 3 is 2.62 bits per heavy atom. The van der Waals surface area contributed by atoms with Crippen molar-refractivity contribution in [1.29, 1.82) is 0 Å². The van der Waals surface area contributed by atoms with E-state index in [9.17, 15) is 0 Å². The minimum absolute atomic E-state index is 0.648. The van der Waals surface area contributed by atoms with Crippen LogP contribution < -0.4 is 15.4 Å². The van der Waals surface area contributed by atoms with Gasteiger partial charge in [-0.3, -0.25) is 0 Å². The van der Waals surface area contributed by atoms with Gasteiger partial charge in [0.25, 0.3) is 0 Å². The SMILES string of the molecule is CCNC(=NCc1cc(C)cc(OC)c1)NCCC(C)C. The topological polar surface area (TPSA) is 45.7 Å². The van der Waals surface area contributed by atoms with E-state index in [0.717, 1.165) is 36.8 Å². The molecular weight excluding hydrogens is 262 g/mol. The van der Waals surface area contributed by atoms with Crippen molar-refractivity contribution < 1.29 is 4.74 Å². The number of nitrogens with zero attached hydrogens (tertiary/aromatic N) is 1. The third kappa shape index (κ3) is 7.02. The Kier molecular flexibility index (Phi) is 7.65. The van der Waals surface area contributed by atoms with Gasteiger partial charge in [0.1, 0.15) is 5.75 Å². The van der Waals surface area contributed by atoms with Gasteiger partial charge in [0.15, 0.2) is 5.96 Å². The summed E-state index contributed by atoms with van der Waals surface area (Å²) < 4.78 is 5.30. The van der Waals surface area contributed by atoms with E-state index in [0.29, 0.717) is 12.5 Å². The zero-order valence-corrected chi connectivity index (χ0v) is 14.0. The number of guanidine groups is 1. The number of benzene rings is 1. The summed E-state index contributed by atoms with van der Waals surface area (Å²) in [6.45, 7) is 11.1. The van der Waals surface area contributed by atoms with Crippen molar-refractivity contribution in [3.05, 3.63) is 29.3 Å². The van der Waals surface area contributed by atoms with E-state index >= 15 is 0 Å². The highest BCUT2D eigenvalue weighted by Gasteiger charge is 2.01. The lowest BCUT2D eigenvalue weighted by atomic mass is 10.1. The molecule has 1 aromatic rings. The molecule has 0 atom stereocenters. The van der Waals surface area contributed by atoms with Crippen molar-refractivity contribution in [1.82, 2.24) is 10.6 Å². The molecule has 2 N–H and O–H groups in total. The highest BCUT2D eigenvalue weighted by molar-refractivity contribution is 5.79. The van der Waals surface area contributed by atoms with E-state index in [-0.39, 0.29) is 0 Å². The number of rotatable bonds is 7. The van der Waals surface area contributed by atoms with Gasteiger partial charge in [-0.05, 0) is 49.4 Å². The van der Waals surface area contributed by atoms with Gasteiger partial charge in [0.05, 0.1) is 13.7 Å². The molecule has 4 heteroatoms. The van der Waals surface area contributed by atoms with Crippen molar-refractivity contribution in [2.45, 2.75) is 40.7 Å². The number of aryl methyl sites for hydroxylation is 1. The summed E-state index contributed by atoms with van der Waals surface area (Å²) >= 11 is 0. The lowest BCUT2D eigenvalue weighted by molar-refractivity contribution is 0.414. The van der Waals surface area contributed by atoms with Crippen LogP contribution in [0.4, 0.5) is 0 Å². The molecule has 0 spiro atoms. The normalized spacial score (nSPS) is 11.6. The first-order valence-corrected chi connectivity index (χ1v) is 7.71. The van der Waals surface area contributed by atoms with Crippen LogP contribution in [0.3, 0.4) is 0 Å². The number of nitrogens with one attached hydrogen (secondary N) is 2. The van der Waals surface area contributed by atoms with Crippen LogP contribution in [-0.2, 0) is 6.54 Å². The molecule has 0 saturated heterocycles. The summed E-state index contributed by atoms with van der Waals surface area (Å²) in [6, 6.07) is 6.21. The van der Waals surface area contributed by atoms with Gasteiger partial charge in [-0.15, -0.1) is 0 Å². The second kappa shape index (κ2) is 9.27. The van der Waals surface area contributed by atoms with Crippen LogP contribution in [0.15, 0.2) is 23.2 Å². The average molecular weight is 291 g/mol. The van der Waals surface area contributed by atoms with Gasteiger partial charge in [-0.1, -0.05) is 19.9 Å². The highest BCUT2D eigenvalue weighted by Crippen LogP contribution is 2.16. The van der Waals surface area contributed by atoms with Crippen molar-refractivity contribution in [2.75, 3.05) is 20.2 Å². The third-order valence-corrected chi connectivity index (χ3v) is 3.12. The van der Waals surface area contributed by atoms with Crippen LogP contribution in [0.5, 0.6) is 5.75 Å². The maximum Gasteiger partial charge on any atom is 0.191 e. The summed E-state index contributed by atoms with van der Waals surface area (Å²) in [4.78, 5) is 4.64. The lowest BCUT2D eigenvalue weighted by Gasteiger charge is -2.12. The minimum atomic E-state index is 0.648. The zero-order chi connectivity index (χ0) is 15.7. The molecule has 4 nitrogen and oxygen atoms in total. The molecule has 0 aromatic heterocycles. The number of hydrogen-bond acceptors (Lipinski definition) is 2. The van der Waals surface area contributed by atoms with Crippen LogP contribution in [-0.4, -0.2) is 26.2 Å². The third-order valence-electron chi connectivity index (χ3n) is 3.12. The van der Waals surface area contributed by atoms with Crippen molar-refractivity contribution in [3.8, 4) is 5.75 Å². The maximum absolute atomic E-state index is 5.30. The molecule has 0 unspecified atom stereocenters. The molecule has 0 fully saturated rings. The van der Waals surface area contributed by atoms with E-state index < -0.39 is 0 Å². The molecular formula is C17H29N3O. The summed E-state index contributed by atoms with van der Waals surface area (Å²) in [5.74, 6) is 2.46. The predicted molar refractivity (Wildman–Crippen MR) is 90.0 cm³/mol. The Balaban J connectivity index is 2.66. The molecule has 0 aliphatic heterocycles. The number of hydrogen-bond donors (Lipinski definition) is 2. The maximum atomic E-state index is 5.30. The van der Waals surface area contributed by atoms with Gasteiger partial charge < -0.3 is 15.4 Å². The number of ether oxygens (including phenoxy) is 1. The fourth-order valence-electron chi connectivity index (χ4n) is 2.03. The van der Waals surface area contributed by atoms with Crippen LogP contribution in [0.1, 0.15) is 38.3 Å². The summed E-state index contributed by atoms with van der Waals surface area (Å²) in [6.07, 6.45) is 1.14. The first kappa shape index (κ1) is 17.3. The highest BCUT2D eigenvalue weighted by atomic mass is 16.5. The van der Waals surface area contributed by atoms with Crippen LogP contribution in [0.25, 0.3) is 0 Å². The van der Waals surface area contributed by atoms with Crippen LogP contribution >= 0.6 is 0 Å². The summed E-state index contributed by atoms with van der Waals surface area (Å²) in [5, 5.41) is 6.65. The van der Waals surface area contributed by atoms with E-state index in [1.165, 1.54) is 5.56 Å². The Labute approximate surface area is 129 Å². The Bertz CT molecular complexity index is 455. The van der Waals surface area contributed by atoms with Crippen molar-refractivity contribution in [3.63, 3.8) is 0 Å². The van der Waals surface area contributed by atoms with Crippen molar-refractivity contribution >= 4 is 5.96 Å². The van der Waals surface area contributed by atoms with Crippen LogP contribution in [0, 0.1) is 12.8 Å². The van der Waals surface area contributed by atoms with Gasteiger partial charge in [-0.2, -0.15) is 0 Å². The molecule has 21 heavy (non-hydrogen) atoms. The first-order valence-electron chi connectivity index (χ1n) is 7.71. The fraction of sp³-hybridized carbons (Fsp3) is 0.588. The second-order valence-electron chi connectivity index (χ2n) is 5.66. The molecule has 0 bridgehead atoms. The Morgan fingerprint density at radius 1 is 1.24 bits per heavy atom. The zero-order valence-electron chi connectivity index (χ0n) is 14.0. The van der Waals surface area contributed by atoms with Gasteiger partial charge >= 0.3 is 0 Å². The molecule has 1 rings (SSSR count). The average Bonchev–Trinajstić information content (AvgIpc) is 2.43. The molecule has 0 aliphatic rings. The summed E-state index contributed by atoms with van der Waals surface area (Å²) in [7, 11) is 1.69. The number of aliphatic imine (C=N–C) groups is 1. The smallest absolute Gasteiger partial charge is 0.191 e. The Hall–Kier alpha value is -1.71. The van der Waals surface area contributed by atoms with E-state index in [1.807, 2.05) is 12.1 Å². The van der Waals surface area contributed by atoms with Gasteiger partial charge in [0, 0.05) is 13.1 Å². The van der Waals surface area contributed by atoms with E-state index in [1.54, 1.807) is 7.11 Å². The number of methoxy groups -OCH3 is 1. The van der Waals surface area contributed by atoms with Crippen LogP contribution in [0.2, 0.25) is 0 Å². The first-order chi connectivity index (χ1) is 10.0. The molecule has 0 radical (unpaired) electrons. The minimum Gasteiger partial charge on any atom is -0.497 e. The molecule has 0 aliphatic carbocycles. The van der Waals surface area contributed by atoms with Gasteiger partial charge in [-0.25, -0.2) is 4.99 Å². The standard InChI is InChI=1S/C17H29N3O/c1-6-18-17(19-8-7-13(2)3)20-12-15-9-14(4)10-16(11-15)21-5/h9-11,13H,6-8,12H2,1-5H3,(H2,18,19,20). The molecule has 0 amide bonds. The monoisotopic (exact) mass is 291 g/mol. The molecule has 118 valence electrons. The fourth-order valence-corrected chi connectivity index (χ4v) is 2.03. The molecule has 0 heterocycles. The van der Waals surface area contributed by atoms with E-state index in [4.69, 9.17) is 4.74 Å².